The second-order valence-electron chi connectivity index (χ2n) is 9.05. The van der Waals surface area contributed by atoms with Crippen molar-refractivity contribution in [3.63, 3.8) is 0 Å². The monoisotopic (exact) mass is 477 g/mol. The van der Waals surface area contributed by atoms with Crippen molar-refractivity contribution in [2.45, 2.75) is 44.8 Å². The first-order valence-corrected chi connectivity index (χ1v) is 12.0. The standard InChI is InChI=1S/C27H32FN5O2/c1-18(29-2)26(34)31-23-17-30-25(20-11-13-21(28)14-12-20)33(27(23)35)16-15-32(3)24-10-6-8-19-7-4-5-9-22(19)24/h4-5,7,9,11-14,17-18,24,29H,6,8,10,15-16H2,1-3H3,(H,31,34)/t18-,24+/m0/s1. The highest BCUT2D eigenvalue weighted by molar-refractivity contribution is 5.94. The molecule has 8 heteroatoms. The van der Waals surface area contributed by atoms with Gasteiger partial charge in [-0.3, -0.25) is 19.1 Å². The number of hydrogen-bond donors (Lipinski definition) is 2. The molecule has 2 atom stereocenters. The zero-order valence-corrected chi connectivity index (χ0v) is 20.4. The van der Waals surface area contributed by atoms with Crippen LogP contribution in [0.2, 0.25) is 0 Å². The number of amides is 1. The number of likely N-dealkylation sites (N-methyl/N-ethyl adjacent to an activating group) is 2. The van der Waals surface area contributed by atoms with E-state index < -0.39 is 6.04 Å². The molecule has 0 spiro atoms. The molecule has 0 aliphatic heterocycles. The maximum Gasteiger partial charge on any atom is 0.277 e. The minimum atomic E-state index is -0.461. The Bertz CT molecular complexity index is 1240. The highest BCUT2D eigenvalue weighted by atomic mass is 19.1. The Labute approximate surface area is 205 Å². The van der Waals surface area contributed by atoms with Crippen molar-refractivity contribution in [3.05, 3.63) is 82.0 Å². The number of nitrogens with zero attached hydrogens (tertiary/aromatic N) is 3. The van der Waals surface area contributed by atoms with Crippen LogP contribution in [0.3, 0.4) is 0 Å². The molecule has 0 bridgehead atoms. The molecule has 7 nitrogen and oxygen atoms in total. The van der Waals surface area contributed by atoms with Gasteiger partial charge >= 0.3 is 0 Å². The Hall–Kier alpha value is -3.36. The van der Waals surface area contributed by atoms with Crippen LogP contribution in [0.15, 0.2) is 59.5 Å². The number of halogens is 1. The summed E-state index contributed by atoms with van der Waals surface area (Å²) in [5, 5.41) is 5.54. The van der Waals surface area contributed by atoms with Crippen LogP contribution >= 0.6 is 0 Å². The number of carbonyl (C=O) groups excluding carboxylic acids is 1. The van der Waals surface area contributed by atoms with E-state index in [4.69, 9.17) is 0 Å². The molecule has 0 fully saturated rings. The molecule has 1 aromatic heterocycles. The Morgan fingerprint density at radius 3 is 2.71 bits per heavy atom. The van der Waals surface area contributed by atoms with Crippen molar-refractivity contribution in [2.75, 3.05) is 26.0 Å². The third-order valence-electron chi connectivity index (χ3n) is 6.78. The van der Waals surface area contributed by atoms with Gasteiger partial charge in [-0.25, -0.2) is 9.37 Å². The Morgan fingerprint density at radius 1 is 1.23 bits per heavy atom. The first-order valence-electron chi connectivity index (χ1n) is 12.0. The van der Waals surface area contributed by atoms with Gasteiger partial charge in [0.15, 0.2) is 0 Å². The lowest BCUT2D eigenvalue weighted by molar-refractivity contribution is -0.117. The molecule has 2 aromatic carbocycles. The van der Waals surface area contributed by atoms with Crippen LogP contribution in [0.5, 0.6) is 0 Å². The van der Waals surface area contributed by atoms with E-state index in [2.05, 4.69) is 51.8 Å². The summed E-state index contributed by atoms with van der Waals surface area (Å²) in [6.45, 7) is 2.70. The van der Waals surface area contributed by atoms with Crippen LogP contribution in [0.4, 0.5) is 10.1 Å². The molecule has 0 saturated heterocycles. The molecule has 1 aliphatic carbocycles. The van der Waals surface area contributed by atoms with Gasteiger partial charge < -0.3 is 10.6 Å². The minimum Gasteiger partial charge on any atom is -0.319 e. The van der Waals surface area contributed by atoms with E-state index in [0.717, 1.165) is 19.3 Å². The Morgan fingerprint density at radius 2 is 1.97 bits per heavy atom. The summed E-state index contributed by atoms with van der Waals surface area (Å²) in [5.41, 5.74) is 3.13. The van der Waals surface area contributed by atoms with E-state index in [1.165, 1.54) is 29.5 Å². The van der Waals surface area contributed by atoms with E-state index in [0.29, 0.717) is 24.5 Å². The first-order chi connectivity index (χ1) is 16.9. The average Bonchev–Trinajstić information content (AvgIpc) is 2.88. The lowest BCUT2D eigenvalue weighted by Gasteiger charge is -2.33. The van der Waals surface area contributed by atoms with E-state index in [-0.39, 0.29) is 29.0 Å². The summed E-state index contributed by atoms with van der Waals surface area (Å²) in [7, 11) is 3.75. The molecule has 3 aromatic rings. The molecule has 2 N–H and O–H groups in total. The molecule has 1 aliphatic rings. The van der Waals surface area contributed by atoms with Crippen molar-refractivity contribution in [1.82, 2.24) is 19.8 Å². The third-order valence-corrected chi connectivity index (χ3v) is 6.78. The zero-order chi connectivity index (χ0) is 24.9. The third kappa shape index (κ3) is 5.49. The van der Waals surface area contributed by atoms with Crippen LogP contribution in [-0.4, -0.2) is 47.0 Å². The van der Waals surface area contributed by atoms with E-state index >= 15 is 0 Å². The van der Waals surface area contributed by atoms with Gasteiger partial charge in [0.05, 0.1) is 12.2 Å². The van der Waals surface area contributed by atoms with Gasteiger partial charge in [-0.05, 0) is 75.7 Å². The second kappa shape index (κ2) is 10.9. The zero-order valence-electron chi connectivity index (χ0n) is 20.4. The molecule has 0 unspecified atom stereocenters. The van der Waals surface area contributed by atoms with Gasteiger partial charge in [-0.1, -0.05) is 24.3 Å². The molecule has 0 radical (unpaired) electrons. The van der Waals surface area contributed by atoms with Crippen molar-refractivity contribution in [1.29, 1.82) is 0 Å². The number of rotatable bonds is 8. The SMILES string of the molecule is CN[C@@H](C)C(=O)Nc1cnc(-c2ccc(F)cc2)n(CCN(C)[C@@H]2CCCc3ccccc32)c1=O. The van der Waals surface area contributed by atoms with E-state index in [1.807, 2.05) is 0 Å². The Balaban J connectivity index is 1.63. The van der Waals surface area contributed by atoms with Crippen molar-refractivity contribution >= 4 is 11.6 Å². The van der Waals surface area contributed by atoms with Gasteiger partial charge in [0.2, 0.25) is 5.91 Å². The maximum absolute atomic E-state index is 13.5. The van der Waals surface area contributed by atoms with Crippen molar-refractivity contribution in [2.24, 2.45) is 0 Å². The number of aryl methyl sites for hydroxylation is 1. The predicted octanol–water partition coefficient (Wildman–Crippen LogP) is 3.61. The smallest absolute Gasteiger partial charge is 0.277 e. The lowest BCUT2D eigenvalue weighted by atomic mass is 9.87. The number of anilines is 1. The van der Waals surface area contributed by atoms with Crippen LogP contribution in [0.25, 0.3) is 11.4 Å². The van der Waals surface area contributed by atoms with E-state index in [9.17, 15) is 14.0 Å². The molecule has 0 saturated carbocycles. The quantitative estimate of drug-likeness (QED) is 0.518. The minimum absolute atomic E-state index is 0.119. The average molecular weight is 478 g/mol. The highest BCUT2D eigenvalue weighted by Crippen LogP contribution is 2.33. The fourth-order valence-electron chi connectivity index (χ4n) is 4.59. The lowest BCUT2D eigenvalue weighted by Crippen LogP contribution is -2.38. The molecule has 184 valence electrons. The first kappa shape index (κ1) is 24.8. The molecule has 4 rings (SSSR count). The molecular formula is C27H32FN5O2. The summed E-state index contributed by atoms with van der Waals surface area (Å²) < 4.78 is 15.1. The molecule has 35 heavy (non-hydrogen) atoms. The van der Waals surface area contributed by atoms with Gasteiger partial charge in [0.1, 0.15) is 17.3 Å². The molecular weight excluding hydrogens is 445 g/mol. The van der Waals surface area contributed by atoms with Crippen molar-refractivity contribution in [3.8, 4) is 11.4 Å². The number of aromatic nitrogens is 2. The van der Waals surface area contributed by atoms with E-state index in [1.54, 1.807) is 30.7 Å². The number of hydrogen-bond acceptors (Lipinski definition) is 5. The fourth-order valence-corrected chi connectivity index (χ4v) is 4.59. The van der Waals surface area contributed by atoms with Gasteiger partial charge in [0, 0.05) is 24.7 Å². The number of carbonyl (C=O) groups is 1. The van der Waals surface area contributed by atoms with Crippen molar-refractivity contribution < 1.29 is 9.18 Å². The summed E-state index contributed by atoms with van der Waals surface area (Å²) in [6, 6.07) is 14.3. The molecule has 1 amide bonds. The maximum atomic E-state index is 13.5. The summed E-state index contributed by atoms with van der Waals surface area (Å²) >= 11 is 0. The Kier molecular flexibility index (Phi) is 7.73. The summed E-state index contributed by atoms with van der Waals surface area (Å²) in [6.07, 6.45) is 4.65. The fraction of sp³-hybridized carbons (Fsp3) is 0.370. The van der Waals surface area contributed by atoms with Crippen LogP contribution in [-0.2, 0) is 17.8 Å². The molecule has 1 heterocycles. The number of fused-ring (bicyclic) bond motifs is 1. The van der Waals surface area contributed by atoms with Gasteiger partial charge in [-0.15, -0.1) is 0 Å². The van der Waals surface area contributed by atoms with Crippen LogP contribution in [0.1, 0.15) is 36.9 Å². The van der Waals surface area contributed by atoms with Gasteiger partial charge in [0.25, 0.3) is 5.56 Å². The summed E-state index contributed by atoms with van der Waals surface area (Å²) in [4.78, 5) is 32.6. The predicted molar refractivity (Wildman–Crippen MR) is 136 cm³/mol. The largest absolute Gasteiger partial charge is 0.319 e. The summed E-state index contributed by atoms with van der Waals surface area (Å²) in [5.74, 6) is -0.237. The number of nitrogens with one attached hydrogen (secondary N) is 2. The number of benzene rings is 2. The van der Waals surface area contributed by atoms with Gasteiger partial charge in [-0.2, -0.15) is 0 Å². The van der Waals surface area contributed by atoms with Crippen LogP contribution < -0.4 is 16.2 Å². The topological polar surface area (TPSA) is 79.3 Å². The highest BCUT2D eigenvalue weighted by Gasteiger charge is 2.24. The second-order valence-corrected chi connectivity index (χ2v) is 9.05. The normalized spacial score (nSPS) is 16.1. The van der Waals surface area contributed by atoms with Crippen LogP contribution in [0, 0.1) is 5.82 Å².